The molecule has 0 aliphatic heterocycles. The van der Waals surface area contributed by atoms with Gasteiger partial charge in [0.15, 0.2) is 18.1 Å². The Labute approximate surface area is 544 Å². The predicted molar refractivity (Wildman–Crippen MR) is 336 cm³/mol. The minimum Gasteiger partial charge on any atom is -0.497 e. The average Bonchev–Trinajstić information content (AvgIpc) is 0.847. The highest BCUT2D eigenvalue weighted by Crippen LogP contribution is 2.23. The molecule has 11 amide bonds. The number of aliphatic carboxylic acids is 1. The number of nitrogens with two attached hydrogens (primary N) is 2. The summed E-state index contributed by atoms with van der Waals surface area (Å²) in [6, 6.07) is -2.12. The van der Waals surface area contributed by atoms with E-state index in [4.69, 9.17) is 31.1 Å². The molecule has 0 saturated carbocycles. The summed E-state index contributed by atoms with van der Waals surface area (Å²) in [7, 11) is 1.35. The molecule has 0 aliphatic rings. The molecule has 2 rings (SSSR count). The SMILES string of the molecule is CC[C@H](C)C(NC(=O)[C@@H](CCCNC(=N)N)NC(=O)[C@H](CC(C)C)NC(=O)[C@@H](NC(=O)OC(C)(C)C)[C@H](O)C(C)C)C(=O)N[C@H](C(=O)NCC(=O)N[C@H](C(=O)N[C@@H](CO)C(=O)N[C@@H](c1ccc(OC)cc1)[C@@H](NC(=O)OCc1ccccc1)C(=O)O)[C@H](O)C(N)=O)[C@H](C)O. The van der Waals surface area contributed by atoms with Gasteiger partial charge in [-0.25, -0.2) is 14.4 Å². The zero-order valence-electron chi connectivity index (χ0n) is 54.5. The molecule has 2 aromatic rings. The lowest BCUT2D eigenvalue weighted by Crippen LogP contribution is -2.63. The Morgan fingerprint density at radius 3 is 1.67 bits per heavy atom. The van der Waals surface area contributed by atoms with Crippen LogP contribution in [0.4, 0.5) is 9.59 Å². The summed E-state index contributed by atoms with van der Waals surface area (Å²) in [6.45, 7) is 13.2. The summed E-state index contributed by atoms with van der Waals surface area (Å²) in [5.41, 5.74) is 10.4. The lowest BCUT2D eigenvalue weighted by Gasteiger charge is -2.31. The first-order chi connectivity index (χ1) is 43.9. The summed E-state index contributed by atoms with van der Waals surface area (Å²) >= 11 is 0. The fourth-order valence-corrected chi connectivity index (χ4v) is 8.78. The van der Waals surface area contributed by atoms with Gasteiger partial charge in [0.2, 0.25) is 53.2 Å². The fraction of sp³-hybridized carbons (Fsp3) is 0.583. The van der Waals surface area contributed by atoms with E-state index >= 15 is 0 Å². The number of rotatable bonds is 38. The molecule has 13 atom stereocenters. The lowest BCUT2D eigenvalue weighted by atomic mass is 9.96. The van der Waals surface area contributed by atoms with Crippen LogP contribution in [0.3, 0.4) is 0 Å². The predicted octanol–water partition coefficient (Wildman–Crippen LogP) is -3.26. The number of hydrogen-bond acceptors (Lipinski definition) is 20. The van der Waals surface area contributed by atoms with E-state index in [0.717, 1.165) is 6.92 Å². The Morgan fingerprint density at radius 2 is 1.15 bits per heavy atom. The molecule has 2 aromatic carbocycles. The van der Waals surface area contributed by atoms with Gasteiger partial charge < -0.3 is 110 Å². The summed E-state index contributed by atoms with van der Waals surface area (Å²) in [4.78, 5) is 162. The number of guanidine groups is 1. The number of alkyl carbamates (subject to hydrolysis) is 2. The van der Waals surface area contributed by atoms with Crippen molar-refractivity contribution in [3.63, 3.8) is 0 Å². The molecule has 524 valence electrons. The molecule has 0 bridgehead atoms. The highest BCUT2D eigenvalue weighted by molar-refractivity contribution is 5.99. The summed E-state index contributed by atoms with van der Waals surface area (Å²) in [6.07, 6.45) is -7.86. The quantitative estimate of drug-likeness (QED) is 0.0178. The highest BCUT2D eigenvalue weighted by atomic mass is 16.6. The number of carbonyl (C=O) groups excluding carboxylic acids is 11. The number of ether oxygens (including phenoxy) is 3. The number of methoxy groups -OCH3 is 1. The normalized spacial score (nSPS) is 15.4. The van der Waals surface area contributed by atoms with E-state index < -0.39 is 181 Å². The molecule has 0 heterocycles. The molecule has 1 unspecified atom stereocenters. The second kappa shape index (κ2) is 39.2. The van der Waals surface area contributed by atoms with Gasteiger partial charge in [0.05, 0.1) is 38.5 Å². The molecular formula is C60H94N14O20. The van der Waals surface area contributed by atoms with E-state index in [9.17, 15) is 83.1 Å². The molecule has 0 spiro atoms. The maximum Gasteiger partial charge on any atom is 0.408 e. The van der Waals surface area contributed by atoms with Gasteiger partial charge in [-0.2, -0.15) is 0 Å². The number of amides is 11. The van der Waals surface area contributed by atoms with Crippen LogP contribution in [-0.4, -0.2) is 202 Å². The largest absolute Gasteiger partial charge is 0.497 e. The first kappa shape index (κ1) is 80.7. The molecule has 0 fully saturated rings. The van der Waals surface area contributed by atoms with Crippen molar-refractivity contribution in [3.8, 4) is 5.75 Å². The van der Waals surface area contributed by atoms with Gasteiger partial charge >= 0.3 is 18.2 Å². The standard InChI is InChI=1S/C60H94N14O20/c1-12-31(6)40(70-49(81)36(19-16-24-64-57(62)63)66-50(82)37(25-29(2)3)67-54(86)44(46(78)30(4)5)74-59(91)94-60(8,9)10)53(85)71-41(32(7)76)52(84)65-26-39(77)69-45(47(79)48(61)80)55(87)68-38(27-75)51(83)72-42(34-20-22-35(92-11)23-21-34)43(56(88)89)73-58(90)93-28-33-17-14-13-15-18-33/h13-15,17-18,20-23,29-32,36-38,40-47,75-76,78-79H,12,16,19,24-28H2,1-11H3,(H2,61,80)(H,65,84)(H,66,82)(H,67,86)(H,68,87)(H,69,77)(H,70,81)(H,71,85)(H,72,83)(H,73,90)(H,74,91)(H,88,89)(H4,62,63,64)/t31-,32-,36+,37-,38-,40?,41-,42-,43+,44-,45-,46+,47-/m0/s1. The Balaban J connectivity index is 2.38. The lowest BCUT2D eigenvalue weighted by molar-refractivity contribution is -0.141. The minimum absolute atomic E-state index is 0.0149. The number of carboxylic acid groups (broad SMARTS) is 1. The molecular weight excluding hydrogens is 1240 g/mol. The monoisotopic (exact) mass is 1330 g/mol. The second-order valence-electron chi connectivity index (χ2n) is 23.8. The zero-order valence-corrected chi connectivity index (χ0v) is 54.5. The van der Waals surface area contributed by atoms with Crippen LogP contribution >= 0.6 is 0 Å². The van der Waals surface area contributed by atoms with Crippen molar-refractivity contribution in [1.82, 2.24) is 58.5 Å². The van der Waals surface area contributed by atoms with Gasteiger partial charge in [-0.05, 0) is 88.0 Å². The number of nitrogens with one attached hydrogen (secondary N) is 12. The van der Waals surface area contributed by atoms with Gasteiger partial charge in [0.1, 0.15) is 60.3 Å². The van der Waals surface area contributed by atoms with Crippen molar-refractivity contribution in [1.29, 1.82) is 5.41 Å². The Hall–Kier alpha value is -9.41. The van der Waals surface area contributed by atoms with Gasteiger partial charge in [0, 0.05) is 6.54 Å². The van der Waals surface area contributed by atoms with Crippen molar-refractivity contribution in [2.24, 2.45) is 29.2 Å². The molecule has 94 heavy (non-hydrogen) atoms. The van der Waals surface area contributed by atoms with E-state index in [0.29, 0.717) is 11.3 Å². The van der Waals surface area contributed by atoms with Crippen LogP contribution in [-0.2, 0) is 64.0 Å². The Bertz CT molecular complexity index is 2900. The van der Waals surface area contributed by atoms with Crippen LogP contribution in [0.25, 0.3) is 0 Å². The van der Waals surface area contributed by atoms with Gasteiger partial charge in [-0.1, -0.05) is 90.4 Å². The van der Waals surface area contributed by atoms with Crippen molar-refractivity contribution < 1.29 is 97.3 Å². The maximum atomic E-state index is 14.3. The molecule has 0 radical (unpaired) electrons. The Kier molecular flexibility index (Phi) is 33.7. The number of carboxylic acids is 1. The number of carbonyl (C=O) groups is 12. The third kappa shape index (κ3) is 27.8. The van der Waals surface area contributed by atoms with Crippen LogP contribution < -0.4 is 74.7 Å². The first-order valence-electron chi connectivity index (χ1n) is 30.2. The van der Waals surface area contributed by atoms with Crippen LogP contribution in [0, 0.1) is 23.2 Å². The molecule has 0 aromatic heterocycles. The van der Waals surface area contributed by atoms with Crippen molar-refractivity contribution in [2.45, 2.75) is 180 Å². The molecule has 0 aliphatic carbocycles. The van der Waals surface area contributed by atoms with Gasteiger partial charge in [-0.3, -0.25) is 48.6 Å². The molecule has 34 heteroatoms. The third-order valence-electron chi connectivity index (χ3n) is 14.1. The average molecular weight is 1330 g/mol. The van der Waals surface area contributed by atoms with Crippen LogP contribution in [0.15, 0.2) is 54.6 Å². The second-order valence-corrected chi connectivity index (χ2v) is 23.8. The summed E-state index contributed by atoms with van der Waals surface area (Å²) in [5.74, 6) is -14.2. The van der Waals surface area contributed by atoms with Gasteiger partial charge in [0.25, 0.3) is 0 Å². The first-order valence-corrected chi connectivity index (χ1v) is 30.2. The van der Waals surface area contributed by atoms with Crippen molar-refractivity contribution in [3.05, 3.63) is 65.7 Å². The van der Waals surface area contributed by atoms with Crippen molar-refractivity contribution in [2.75, 3.05) is 26.8 Å². The molecule has 0 saturated heterocycles. The maximum absolute atomic E-state index is 14.3. The minimum atomic E-state index is -2.56. The summed E-state index contributed by atoms with van der Waals surface area (Å²) < 4.78 is 15.7. The molecule has 34 nitrogen and oxygen atoms in total. The van der Waals surface area contributed by atoms with Gasteiger partial charge in [-0.15, -0.1) is 0 Å². The van der Waals surface area contributed by atoms with E-state index in [-0.39, 0.29) is 50.3 Å². The highest BCUT2D eigenvalue weighted by Gasteiger charge is 2.41. The fourth-order valence-electron chi connectivity index (χ4n) is 8.78. The topological polar surface area (TPSA) is 542 Å². The number of aliphatic hydroxyl groups is 4. The zero-order chi connectivity index (χ0) is 71.3. The van der Waals surface area contributed by atoms with E-state index in [2.05, 4.69) is 47.9 Å². The van der Waals surface area contributed by atoms with Crippen LogP contribution in [0.1, 0.15) is 112 Å². The van der Waals surface area contributed by atoms with E-state index in [1.165, 1.54) is 31.4 Å². The number of benzene rings is 2. The number of primary amides is 1. The van der Waals surface area contributed by atoms with Crippen LogP contribution in [0.2, 0.25) is 0 Å². The van der Waals surface area contributed by atoms with E-state index in [1.807, 2.05) is 10.6 Å². The third-order valence-corrected chi connectivity index (χ3v) is 14.1. The van der Waals surface area contributed by atoms with Crippen LogP contribution in [0.5, 0.6) is 5.75 Å². The smallest absolute Gasteiger partial charge is 0.408 e. The molecule has 21 N–H and O–H groups in total. The number of hydrogen-bond donors (Lipinski definition) is 19. The van der Waals surface area contributed by atoms with E-state index in [1.54, 1.807) is 92.6 Å². The number of aliphatic hydroxyl groups excluding tert-OH is 4. The van der Waals surface area contributed by atoms with Crippen molar-refractivity contribution >= 4 is 77.3 Å². The summed E-state index contributed by atoms with van der Waals surface area (Å²) in [5, 5.41) is 86.5. The Morgan fingerprint density at radius 1 is 0.606 bits per heavy atom.